The van der Waals surface area contributed by atoms with E-state index in [1.165, 1.54) is 0 Å². The van der Waals surface area contributed by atoms with Crippen molar-refractivity contribution in [3.05, 3.63) is 48.2 Å². The smallest absolute Gasteiger partial charge is 0.150 e. The monoisotopic (exact) mass is 363 g/mol. The molecule has 1 N–H and O–H groups in total. The lowest BCUT2D eigenvalue weighted by atomic mass is 10.1. The number of oxime groups is 1. The summed E-state index contributed by atoms with van der Waals surface area (Å²) in [7, 11) is 0. The Balaban J connectivity index is 1.75. The summed E-state index contributed by atoms with van der Waals surface area (Å²) in [5.41, 5.74) is 6.20. The highest BCUT2D eigenvalue weighted by Crippen LogP contribution is 2.33. The van der Waals surface area contributed by atoms with Gasteiger partial charge in [0.05, 0.1) is 30.0 Å². The van der Waals surface area contributed by atoms with Gasteiger partial charge in [0.25, 0.3) is 0 Å². The number of H-pyrrole nitrogens is 1. The first-order chi connectivity index (χ1) is 13.2. The van der Waals surface area contributed by atoms with Crippen molar-refractivity contribution < 1.29 is 4.84 Å². The highest BCUT2D eigenvalue weighted by molar-refractivity contribution is 5.85. The van der Waals surface area contributed by atoms with Gasteiger partial charge in [-0.25, -0.2) is 9.97 Å². The summed E-state index contributed by atoms with van der Waals surface area (Å²) in [6.45, 7) is 6.99. The number of aromatic nitrogens is 4. The van der Waals surface area contributed by atoms with Crippen LogP contribution in [0.2, 0.25) is 0 Å². The molecule has 1 aliphatic heterocycles. The highest BCUT2D eigenvalue weighted by Gasteiger charge is 2.25. The molecule has 0 amide bonds. The maximum absolute atomic E-state index is 5.63. The summed E-state index contributed by atoms with van der Waals surface area (Å²) >= 11 is 0. The lowest BCUT2D eigenvalue weighted by Crippen LogP contribution is -2.17. The number of aromatic amines is 1. The predicted octanol–water partition coefficient (Wildman–Crippen LogP) is 4.37. The van der Waals surface area contributed by atoms with E-state index in [1.807, 2.05) is 24.5 Å². The molecule has 3 aromatic rings. The van der Waals surface area contributed by atoms with Crippen molar-refractivity contribution in [3.63, 3.8) is 0 Å². The molecule has 1 aromatic carbocycles. The van der Waals surface area contributed by atoms with Crippen molar-refractivity contribution in [1.29, 1.82) is 0 Å². The van der Waals surface area contributed by atoms with Gasteiger partial charge in [-0.1, -0.05) is 49.3 Å². The first kappa shape index (κ1) is 17.5. The molecule has 0 saturated heterocycles. The van der Waals surface area contributed by atoms with Crippen molar-refractivity contribution in [2.24, 2.45) is 5.16 Å². The van der Waals surface area contributed by atoms with Gasteiger partial charge in [-0.2, -0.15) is 0 Å². The minimum Gasteiger partial charge on any atom is -0.390 e. The molecule has 2 aromatic heterocycles. The molecule has 0 aliphatic carbocycles. The molecule has 27 heavy (non-hydrogen) atoms. The molecule has 1 aliphatic rings. The third-order valence-electron chi connectivity index (χ3n) is 4.98. The van der Waals surface area contributed by atoms with Gasteiger partial charge in [0.2, 0.25) is 0 Å². The number of nitrogens with one attached hydrogen (secondary N) is 1. The molecule has 140 valence electrons. The second-order valence-corrected chi connectivity index (χ2v) is 6.91. The van der Waals surface area contributed by atoms with Crippen molar-refractivity contribution in [1.82, 2.24) is 19.5 Å². The lowest BCUT2D eigenvalue weighted by molar-refractivity contribution is 0.0728. The van der Waals surface area contributed by atoms with E-state index in [0.717, 1.165) is 59.1 Å². The Kier molecular flexibility index (Phi) is 4.79. The number of nitrogens with zero attached hydrogens (tertiary/aromatic N) is 4. The van der Waals surface area contributed by atoms with Crippen LogP contribution < -0.4 is 0 Å². The Bertz CT molecular complexity index is 954. The van der Waals surface area contributed by atoms with Crippen molar-refractivity contribution in [2.75, 3.05) is 0 Å². The van der Waals surface area contributed by atoms with Crippen LogP contribution in [0, 0.1) is 6.92 Å². The molecule has 4 rings (SSSR count). The fraction of sp³-hybridized carbons (Fsp3) is 0.381. The maximum Gasteiger partial charge on any atom is 0.150 e. The van der Waals surface area contributed by atoms with Crippen LogP contribution in [-0.2, 0) is 17.8 Å². The number of imidazole rings is 2. The largest absolute Gasteiger partial charge is 0.390 e. The van der Waals surface area contributed by atoms with Gasteiger partial charge in [0.15, 0.2) is 6.10 Å². The van der Waals surface area contributed by atoms with Crippen molar-refractivity contribution >= 4 is 5.71 Å². The standard InChI is InChI=1S/C21H25N5O/c1-4-16-11-17(27-25-16)12-26-13-22-20(15-9-7-6-8-10-15)21(26)19-14(3)23-18(5-2)24-19/h6-10,13,17H,4-5,11-12H2,1-3H3,(H,23,24). The quantitative estimate of drug-likeness (QED) is 0.707. The second-order valence-electron chi connectivity index (χ2n) is 6.91. The molecule has 0 bridgehead atoms. The van der Waals surface area contributed by atoms with E-state index < -0.39 is 0 Å². The Morgan fingerprint density at radius 1 is 1.15 bits per heavy atom. The first-order valence-electron chi connectivity index (χ1n) is 9.57. The average Bonchev–Trinajstić information content (AvgIpc) is 3.41. The number of hydrogen-bond acceptors (Lipinski definition) is 4. The van der Waals surface area contributed by atoms with Crippen LogP contribution in [0.4, 0.5) is 0 Å². The summed E-state index contributed by atoms with van der Waals surface area (Å²) < 4.78 is 2.16. The normalized spacial score (nSPS) is 16.4. The zero-order chi connectivity index (χ0) is 18.8. The SMILES string of the molecule is CCC1=NOC(Cn2cnc(-c3ccccc3)c2-c2nc(CC)[nH]c2C)C1. The van der Waals surface area contributed by atoms with Gasteiger partial charge in [0.1, 0.15) is 11.5 Å². The van der Waals surface area contributed by atoms with Crippen molar-refractivity contribution in [3.8, 4) is 22.6 Å². The summed E-state index contributed by atoms with van der Waals surface area (Å²) in [6, 6.07) is 10.3. The van der Waals surface area contributed by atoms with E-state index in [2.05, 4.69) is 47.6 Å². The molecular formula is C21H25N5O. The molecular weight excluding hydrogens is 338 g/mol. The highest BCUT2D eigenvalue weighted by atomic mass is 16.6. The Labute approximate surface area is 159 Å². The van der Waals surface area contributed by atoms with Gasteiger partial charge < -0.3 is 14.4 Å². The molecule has 0 fully saturated rings. The van der Waals surface area contributed by atoms with Crippen LogP contribution in [-0.4, -0.2) is 31.3 Å². The van der Waals surface area contributed by atoms with E-state index in [9.17, 15) is 0 Å². The van der Waals surface area contributed by atoms with E-state index in [0.29, 0.717) is 6.54 Å². The third kappa shape index (κ3) is 3.39. The molecule has 0 spiro atoms. The van der Waals surface area contributed by atoms with Gasteiger partial charge in [-0.15, -0.1) is 0 Å². The van der Waals surface area contributed by atoms with Crippen LogP contribution in [0.15, 0.2) is 41.8 Å². The summed E-state index contributed by atoms with van der Waals surface area (Å²) in [5, 5.41) is 4.20. The average molecular weight is 363 g/mol. The third-order valence-corrected chi connectivity index (χ3v) is 4.98. The maximum atomic E-state index is 5.63. The molecule has 1 atom stereocenters. The first-order valence-corrected chi connectivity index (χ1v) is 9.57. The van der Waals surface area contributed by atoms with Crippen LogP contribution in [0.1, 0.15) is 38.2 Å². The molecule has 3 heterocycles. The number of rotatable bonds is 6. The van der Waals surface area contributed by atoms with E-state index >= 15 is 0 Å². The van der Waals surface area contributed by atoms with Crippen LogP contribution in [0.3, 0.4) is 0 Å². The molecule has 0 saturated carbocycles. The van der Waals surface area contributed by atoms with Gasteiger partial charge in [0, 0.05) is 24.1 Å². The Morgan fingerprint density at radius 3 is 2.63 bits per heavy atom. The molecule has 1 unspecified atom stereocenters. The Hall–Kier alpha value is -2.89. The van der Waals surface area contributed by atoms with Crippen LogP contribution in [0.5, 0.6) is 0 Å². The van der Waals surface area contributed by atoms with Gasteiger partial charge >= 0.3 is 0 Å². The lowest BCUT2D eigenvalue weighted by Gasteiger charge is -2.13. The number of benzene rings is 1. The molecule has 6 heteroatoms. The fourth-order valence-corrected chi connectivity index (χ4v) is 3.51. The number of hydrogen-bond donors (Lipinski definition) is 1. The summed E-state index contributed by atoms with van der Waals surface area (Å²) in [4.78, 5) is 18.6. The summed E-state index contributed by atoms with van der Waals surface area (Å²) in [5.74, 6) is 0.989. The zero-order valence-electron chi connectivity index (χ0n) is 16.1. The van der Waals surface area contributed by atoms with Gasteiger partial charge in [-0.05, 0) is 13.3 Å². The minimum atomic E-state index is 0.0430. The van der Waals surface area contributed by atoms with Crippen LogP contribution in [0.25, 0.3) is 22.6 Å². The zero-order valence-corrected chi connectivity index (χ0v) is 16.1. The van der Waals surface area contributed by atoms with Crippen molar-refractivity contribution in [2.45, 2.75) is 52.7 Å². The van der Waals surface area contributed by atoms with E-state index in [1.54, 1.807) is 0 Å². The molecule has 6 nitrogen and oxygen atoms in total. The Morgan fingerprint density at radius 2 is 1.96 bits per heavy atom. The van der Waals surface area contributed by atoms with E-state index in [-0.39, 0.29) is 6.10 Å². The van der Waals surface area contributed by atoms with Crippen LogP contribution >= 0.6 is 0 Å². The summed E-state index contributed by atoms with van der Waals surface area (Å²) in [6.07, 6.45) is 4.61. The fourth-order valence-electron chi connectivity index (χ4n) is 3.51. The molecule has 0 radical (unpaired) electrons. The van der Waals surface area contributed by atoms with E-state index in [4.69, 9.17) is 14.8 Å². The minimum absolute atomic E-state index is 0.0430. The predicted molar refractivity (Wildman–Crippen MR) is 107 cm³/mol. The van der Waals surface area contributed by atoms with Gasteiger partial charge in [-0.3, -0.25) is 0 Å². The second kappa shape index (κ2) is 7.39. The number of aryl methyl sites for hydroxylation is 2. The topological polar surface area (TPSA) is 68.1 Å².